The van der Waals surface area contributed by atoms with Crippen molar-refractivity contribution in [2.45, 2.75) is 45.0 Å². The van der Waals surface area contributed by atoms with Gasteiger partial charge in [0, 0.05) is 19.5 Å². The second-order valence-corrected chi connectivity index (χ2v) is 6.73. The Hall–Kier alpha value is -2.08. The Bertz CT molecular complexity index is 633. The molecule has 130 valence electrons. The van der Waals surface area contributed by atoms with Crippen LogP contribution in [0.5, 0.6) is 5.75 Å². The lowest BCUT2D eigenvalue weighted by atomic mass is 9.94. The largest absolute Gasteiger partial charge is 0.497 e. The highest BCUT2D eigenvalue weighted by Crippen LogP contribution is 2.30. The summed E-state index contributed by atoms with van der Waals surface area (Å²) in [6.07, 6.45) is 0.521. The van der Waals surface area contributed by atoms with E-state index in [-0.39, 0.29) is 18.1 Å². The number of morpholine rings is 1. The highest BCUT2D eigenvalue weighted by Gasteiger charge is 2.46. The Morgan fingerprint density at radius 2 is 1.88 bits per heavy atom. The lowest BCUT2D eigenvalue weighted by molar-refractivity contribution is -0.164. The fourth-order valence-corrected chi connectivity index (χ4v) is 3.27. The third-order valence-corrected chi connectivity index (χ3v) is 4.44. The van der Waals surface area contributed by atoms with Crippen LogP contribution in [0, 0.1) is 0 Å². The number of hydrogen-bond donors (Lipinski definition) is 0. The van der Waals surface area contributed by atoms with E-state index in [1.54, 1.807) is 14.0 Å². The van der Waals surface area contributed by atoms with Crippen molar-refractivity contribution in [2.24, 2.45) is 5.16 Å². The molecule has 3 rings (SSSR count). The average Bonchev–Trinajstić information content (AvgIpc) is 2.97. The highest BCUT2D eigenvalue weighted by molar-refractivity contribution is 6.05. The lowest BCUT2D eigenvalue weighted by Crippen LogP contribution is -2.55. The van der Waals surface area contributed by atoms with Gasteiger partial charge in [0.05, 0.1) is 25.0 Å². The number of rotatable bonds is 3. The number of carbonyl (C=O) groups is 1. The minimum atomic E-state index is -0.952. The quantitative estimate of drug-likeness (QED) is 0.851. The molecule has 1 aromatic rings. The number of carbonyl (C=O) groups excluding carboxylic acids is 1. The van der Waals surface area contributed by atoms with E-state index in [1.165, 1.54) is 0 Å². The molecule has 6 nitrogen and oxygen atoms in total. The van der Waals surface area contributed by atoms with Crippen molar-refractivity contribution >= 4 is 11.6 Å². The van der Waals surface area contributed by atoms with Gasteiger partial charge in [-0.3, -0.25) is 4.79 Å². The van der Waals surface area contributed by atoms with E-state index in [4.69, 9.17) is 14.3 Å². The molecule has 0 aromatic heterocycles. The van der Waals surface area contributed by atoms with Crippen molar-refractivity contribution in [2.75, 3.05) is 20.2 Å². The predicted octanol–water partition coefficient (Wildman–Crippen LogP) is 2.21. The van der Waals surface area contributed by atoms with Gasteiger partial charge < -0.3 is 19.2 Å². The van der Waals surface area contributed by atoms with E-state index in [1.807, 2.05) is 43.0 Å². The molecule has 6 heteroatoms. The van der Waals surface area contributed by atoms with Crippen molar-refractivity contribution in [3.05, 3.63) is 29.8 Å². The summed E-state index contributed by atoms with van der Waals surface area (Å²) in [5.41, 5.74) is 0.769. The van der Waals surface area contributed by atoms with Crippen LogP contribution < -0.4 is 4.74 Å². The summed E-state index contributed by atoms with van der Waals surface area (Å²) in [6, 6.07) is 7.60. The molecule has 0 spiro atoms. The van der Waals surface area contributed by atoms with Crippen LogP contribution in [-0.4, -0.2) is 54.5 Å². The molecule has 2 aliphatic rings. The molecule has 0 radical (unpaired) electrons. The van der Waals surface area contributed by atoms with E-state index in [0.717, 1.165) is 17.0 Å². The molecule has 1 saturated heterocycles. The molecule has 1 aromatic carbocycles. The van der Waals surface area contributed by atoms with E-state index in [9.17, 15) is 4.79 Å². The number of methoxy groups -OCH3 is 1. The smallest absolute Gasteiger partial charge is 0.269 e. The zero-order chi connectivity index (χ0) is 17.3. The van der Waals surface area contributed by atoms with E-state index < -0.39 is 5.60 Å². The third kappa shape index (κ3) is 3.24. The summed E-state index contributed by atoms with van der Waals surface area (Å²) in [5.74, 6) is 0.755. The first kappa shape index (κ1) is 16.8. The van der Waals surface area contributed by atoms with Crippen molar-refractivity contribution in [3.63, 3.8) is 0 Å². The fraction of sp³-hybridized carbons (Fsp3) is 0.556. The van der Waals surface area contributed by atoms with Crippen LogP contribution in [0.2, 0.25) is 0 Å². The minimum Gasteiger partial charge on any atom is -0.497 e. The average molecular weight is 332 g/mol. The summed E-state index contributed by atoms with van der Waals surface area (Å²) in [5, 5.41) is 4.17. The summed E-state index contributed by atoms with van der Waals surface area (Å²) < 4.78 is 10.9. The Labute approximate surface area is 142 Å². The summed E-state index contributed by atoms with van der Waals surface area (Å²) >= 11 is 0. The molecule has 2 heterocycles. The van der Waals surface area contributed by atoms with Crippen LogP contribution in [0.25, 0.3) is 0 Å². The van der Waals surface area contributed by atoms with Gasteiger partial charge in [-0.15, -0.1) is 0 Å². The summed E-state index contributed by atoms with van der Waals surface area (Å²) in [7, 11) is 1.63. The van der Waals surface area contributed by atoms with Gasteiger partial charge in [-0.25, -0.2) is 0 Å². The predicted molar refractivity (Wildman–Crippen MR) is 90.2 cm³/mol. The van der Waals surface area contributed by atoms with Gasteiger partial charge >= 0.3 is 0 Å². The second kappa shape index (κ2) is 6.43. The number of amides is 1. The molecule has 0 N–H and O–H groups in total. The molecule has 1 amide bonds. The van der Waals surface area contributed by atoms with Gasteiger partial charge in [-0.05, 0) is 50.6 Å². The van der Waals surface area contributed by atoms with Gasteiger partial charge in [-0.2, -0.15) is 0 Å². The first-order valence-electron chi connectivity index (χ1n) is 8.25. The Morgan fingerprint density at radius 1 is 1.25 bits per heavy atom. The molecule has 0 bridgehead atoms. The monoisotopic (exact) mass is 332 g/mol. The first-order chi connectivity index (χ1) is 11.4. The first-order valence-corrected chi connectivity index (χ1v) is 8.25. The Kier molecular flexibility index (Phi) is 4.49. The lowest BCUT2D eigenvalue weighted by Gasteiger charge is -2.38. The molecule has 1 fully saturated rings. The maximum atomic E-state index is 12.9. The SMILES string of the molecule is COc1ccc(C2=NO[C@](C)(C(=O)N3C[C@@H](C)O[C@H](C)C3)C2)cc1. The number of ether oxygens (including phenoxy) is 2. The Morgan fingerprint density at radius 3 is 2.46 bits per heavy atom. The van der Waals surface area contributed by atoms with Gasteiger partial charge in [-0.1, -0.05) is 5.16 Å². The van der Waals surface area contributed by atoms with E-state index in [2.05, 4.69) is 5.16 Å². The molecule has 0 saturated carbocycles. The molecule has 3 atom stereocenters. The van der Waals surface area contributed by atoms with Crippen molar-refractivity contribution < 1.29 is 19.1 Å². The summed E-state index contributed by atoms with van der Waals surface area (Å²) in [6.45, 7) is 6.93. The van der Waals surface area contributed by atoms with Crippen LogP contribution >= 0.6 is 0 Å². The van der Waals surface area contributed by atoms with Crippen LogP contribution in [0.4, 0.5) is 0 Å². The minimum absolute atomic E-state index is 0.0308. The maximum Gasteiger partial charge on any atom is 0.269 e. The van der Waals surface area contributed by atoms with Crippen LogP contribution in [0.3, 0.4) is 0 Å². The number of oxime groups is 1. The van der Waals surface area contributed by atoms with E-state index >= 15 is 0 Å². The zero-order valence-electron chi connectivity index (χ0n) is 14.6. The maximum absolute atomic E-state index is 12.9. The topological polar surface area (TPSA) is 60.4 Å². The molecule has 0 unspecified atom stereocenters. The number of nitrogens with zero attached hydrogens (tertiary/aromatic N) is 2. The molecule has 2 aliphatic heterocycles. The Balaban J connectivity index is 1.70. The third-order valence-electron chi connectivity index (χ3n) is 4.44. The van der Waals surface area contributed by atoms with Gasteiger partial charge in [0.1, 0.15) is 5.75 Å². The van der Waals surface area contributed by atoms with Crippen molar-refractivity contribution in [3.8, 4) is 5.75 Å². The van der Waals surface area contributed by atoms with Crippen LogP contribution in [0.15, 0.2) is 29.4 Å². The molecule has 24 heavy (non-hydrogen) atoms. The zero-order valence-corrected chi connectivity index (χ0v) is 14.6. The molecule has 0 aliphatic carbocycles. The van der Waals surface area contributed by atoms with E-state index in [0.29, 0.717) is 19.5 Å². The van der Waals surface area contributed by atoms with Crippen LogP contribution in [0.1, 0.15) is 32.8 Å². The normalized spacial score (nSPS) is 29.8. The highest BCUT2D eigenvalue weighted by atomic mass is 16.7. The number of benzene rings is 1. The second-order valence-electron chi connectivity index (χ2n) is 6.73. The standard InChI is InChI=1S/C18H24N2O4/c1-12-10-20(11-13(2)23-12)17(21)18(3)9-16(19-24-18)14-5-7-15(22-4)8-6-14/h5-8,12-13H,9-11H2,1-4H3/t12-,13-,18+/m1/s1. The van der Waals surface area contributed by atoms with Gasteiger partial charge in [0.15, 0.2) is 0 Å². The molecular weight excluding hydrogens is 308 g/mol. The fourth-order valence-electron chi connectivity index (χ4n) is 3.27. The van der Waals surface area contributed by atoms with Crippen molar-refractivity contribution in [1.29, 1.82) is 0 Å². The van der Waals surface area contributed by atoms with Crippen LogP contribution in [-0.2, 0) is 14.4 Å². The van der Waals surface area contributed by atoms with Crippen molar-refractivity contribution in [1.82, 2.24) is 4.90 Å². The number of hydrogen-bond acceptors (Lipinski definition) is 5. The molecular formula is C18H24N2O4. The summed E-state index contributed by atoms with van der Waals surface area (Å²) in [4.78, 5) is 20.3. The van der Waals surface area contributed by atoms with Gasteiger partial charge in [0.2, 0.25) is 5.60 Å². The van der Waals surface area contributed by atoms with Gasteiger partial charge in [0.25, 0.3) is 5.91 Å².